The number of hydrogen-bond acceptors (Lipinski definition) is 2. The van der Waals surface area contributed by atoms with Crippen molar-refractivity contribution in [3.05, 3.63) is 40.4 Å². The Kier molecular flexibility index (Phi) is 4.84. The number of hydrogen-bond donors (Lipinski definition) is 0. The molecule has 0 radical (unpaired) electrons. The molecule has 16 heavy (non-hydrogen) atoms. The second-order valence-electron chi connectivity index (χ2n) is 3.18. The summed E-state index contributed by atoms with van der Waals surface area (Å²) >= 11 is 11.8. The molecule has 0 atom stereocenters. The molecule has 1 aromatic carbocycles. The van der Waals surface area contributed by atoms with E-state index < -0.39 is 0 Å². The van der Waals surface area contributed by atoms with E-state index in [4.69, 9.17) is 27.9 Å². The minimum Gasteiger partial charge on any atom is -0.491 e. The summed E-state index contributed by atoms with van der Waals surface area (Å²) in [6.45, 7) is 5.90. The highest BCUT2D eigenvalue weighted by molar-refractivity contribution is 6.36. The van der Waals surface area contributed by atoms with Crippen LogP contribution in [0, 0.1) is 0 Å². The highest BCUT2D eigenvalue weighted by Crippen LogP contribution is 2.33. The van der Waals surface area contributed by atoms with E-state index in [1.54, 1.807) is 6.07 Å². The molecule has 0 fully saturated rings. The lowest BCUT2D eigenvalue weighted by Gasteiger charge is -2.11. The first-order valence-electron chi connectivity index (χ1n) is 4.88. The van der Waals surface area contributed by atoms with Crippen molar-refractivity contribution < 1.29 is 9.53 Å². The van der Waals surface area contributed by atoms with Gasteiger partial charge in [-0.15, -0.1) is 0 Å². The molecule has 1 rings (SSSR count). The third kappa shape index (κ3) is 3.00. The monoisotopic (exact) mass is 258 g/mol. The van der Waals surface area contributed by atoms with Crippen molar-refractivity contribution in [2.45, 2.75) is 13.3 Å². The van der Waals surface area contributed by atoms with E-state index in [0.29, 0.717) is 28.0 Å². The Hall–Kier alpha value is -0.990. The maximum absolute atomic E-state index is 11.6. The topological polar surface area (TPSA) is 26.3 Å². The quantitative estimate of drug-likeness (QED) is 0.586. The SMILES string of the molecule is C=CC(=O)c1cc(Cl)cc(Cl)c1OCCC. The van der Waals surface area contributed by atoms with Crippen molar-refractivity contribution in [1.29, 1.82) is 0 Å². The van der Waals surface area contributed by atoms with Gasteiger partial charge in [-0.25, -0.2) is 0 Å². The van der Waals surface area contributed by atoms with Gasteiger partial charge in [0.1, 0.15) is 5.75 Å². The van der Waals surface area contributed by atoms with E-state index >= 15 is 0 Å². The fourth-order valence-electron chi connectivity index (χ4n) is 1.20. The zero-order chi connectivity index (χ0) is 12.1. The molecule has 86 valence electrons. The molecule has 0 amide bonds. The fourth-order valence-corrected chi connectivity index (χ4v) is 1.75. The lowest BCUT2D eigenvalue weighted by atomic mass is 10.1. The summed E-state index contributed by atoms with van der Waals surface area (Å²) in [5.41, 5.74) is 0.348. The summed E-state index contributed by atoms with van der Waals surface area (Å²) < 4.78 is 5.44. The van der Waals surface area contributed by atoms with Crippen molar-refractivity contribution in [1.82, 2.24) is 0 Å². The van der Waals surface area contributed by atoms with Crippen LogP contribution in [-0.2, 0) is 0 Å². The molecule has 0 saturated heterocycles. The summed E-state index contributed by atoms with van der Waals surface area (Å²) in [7, 11) is 0. The van der Waals surface area contributed by atoms with Gasteiger partial charge in [0.15, 0.2) is 5.78 Å². The molecule has 0 spiro atoms. The van der Waals surface area contributed by atoms with Crippen LogP contribution >= 0.6 is 23.2 Å². The van der Waals surface area contributed by atoms with Crippen LogP contribution in [0.2, 0.25) is 10.0 Å². The summed E-state index contributed by atoms with van der Waals surface area (Å²) in [5, 5.41) is 0.741. The number of rotatable bonds is 5. The van der Waals surface area contributed by atoms with Crippen LogP contribution in [0.1, 0.15) is 23.7 Å². The standard InChI is InChI=1S/C12H12Cl2O2/c1-3-5-16-12-9(11(15)4-2)6-8(13)7-10(12)14/h4,6-7H,2-3,5H2,1H3. The molecule has 4 heteroatoms. The van der Waals surface area contributed by atoms with Crippen LogP contribution in [0.5, 0.6) is 5.75 Å². The molecule has 0 aliphatic carbocycles. The number of carbonyl (C=O) groups is 1. The van der Waals surface area contributed by atoms with Crippen LogP contribution in [0.3, 0.4) is 0 Å². The van der Waals surface area contributed by atoms with Gasteiger partial charge < -0.3 is 4.74 Å². The largest absolute Gasteiger partial charge is 0.491 e. The number of benzene rings is 1. The molecular weight excluding hydrogens is 247 g/mol. The minimum atomic E-state index is -0.254. The Morgan fingerprint density at radius 2 is 2.19 bits per heavy atom. The first-order valence-corrected chi connectivity index (χ1v) is 5.64. The summed E-state index contributed by atoms with van der Waals surface area (Å²) in [5.74, 6) is 0.119. The van der Waals surface area contributed by atoms with Crippen LogP contribution in [0.15, 0.2) is 24.8 Å². The minimum absolute atomic E-state index is 0.254. The molecule has 1 aromatic rings. The highest BCUT2D eigenvalue weighted by Gasteiger charge is 2.14. The molecule has 0 heterocycles. The molecule has 0 unspecified atom stereocenters. The molecular formula is C12H12Cl2O2. The smallest absolute Gasteiger partial charge is 0.189 e. The van der Waals surface area contributed by atoms with E-state index in [1.165, 1.54) is 12.1 Å². The third-order valence-electron chi connectivity index (χ3n) is 1.91. The molecule has 0 aliphatic heterocycles. The van der Waals surface area contributed by atoms with Gasteiger partial charge in [-0.05, 0) is 24.6 Å². The van der Waals surface area contributed by atoms with Crippen LogP contribution in [0.4, 0.5) is 0 Å². The number of ether oxygens (including phenoxy) is 1. The predicted octanol–water partition coefficient (Wildman–Crippen LogP) is 4.15. The van der Waals surface area contributed by atoms with Gasteiger partial charge in [0, 0.05) is 5.02 Å². The highest BCUT2D eigenvalue weighted by atomic mass is 35.5. The molecule has 0 aromatic heterocycles. The van der Waals surface area contributed by atoms with Crippen molar-refractivity contribution in [3.63, 3.8) is 0 Å². The van der Waals surface area contributed by atoms with E-state index in [0.717, 1.165) is 6.42 Å². The first kappa shape index (κ1) is 13.1. The Bertz CT molecular complexity index is 414. The maximum atomic E-state index is 11.6. The number of halogens is 2. The number of ketones is 1. The summed E-state index contributed by atoms with van der Waals surface area (Å²) in [6, 6.07) is 3.08. The lowest BCUT2D eigenvalue weighted by molar-refractivity contribution is 0.104. The van der Waals surface area contributed by atoms with Gasteiger partial charge >= 0.3 is 0 Å². The van der Waals surface area contributed by atoms with Crippen LogP contribution < -0.4 is 4.74 Å². The second-order valence-corrected chi connectivity index (χ2v) is 4.02. The van der Waals surface area contributed by atoms with Gasteiger partial charge in [0.2, 0.25) is 0 Å². The fraction of sp³-hybridized carbons (Fsp3) is 0.250. The normalized spacial score (nSPS) is 9.94. The van der Waals surface area contributed by atoms with Crippen molar-refractivity contribution >= 4 is 29.0 Å². The second kappa shape index (κ2) is 5.92. The van der Waals surface area contributed by atoms with E-state index in [2.05, 4.69) is 6.58 Å². The van der Waals surface area contributed by atoms with Gasteiger partial charge in [0.25, 0.3) is 0 Å². The molecule has 0 saturated carbocycles. The molecule has 2 nitrogen and oxygen atoms in total. The summed E-state index contributed by atoms with van der Waals surface area (Å²) in [6.07, 6.45) is 2.04. The van der Waals surface area contributed by atoms with E-state index in [-0.39, 0.29) is 5.78 Å². The Morgan fingerprint density at radius 1 is 1.50 bits per heavy atom. The Balaban J connectivity index is 3.20. The zero-order valence-electron chi connectivity index (χ0n) is 8.93. The Morgan fingerprint density at radius 3 is 2.75 bits per heavy atom. The summed E-state index contributed by atoms with van der Waals surface area (Å²) in [4.78, 5) is 11.6. The van der Waals surface area contributed by atoms with E-state index in [9.17, 15) is 4.79 Å². The first-order chi connectivity index (χ1) is 7.60. The van der Waals surface area contributed by atoms with Gasteiger partial charge in [-0.3, -0.25) is 4.79 Å². The maximum Gasteiger partial charge on any atom is 0.189 e. The average Bonchev–Trinajstić information content (AvgIpc) is 2.26. The molecule has 0 aliphatic rings. The van der Waals surface area contributed by atoms with Gasteiger partial charge in [-0.1, -0.05) is 36.7 Å². The lowest BCUT2D eigenvalue weighted by Crippen LogP contribution is -2.03. The van der Waals surface area contributed by atoms with Crippen LogP contribution in [-0.4, -0.2) is 12.4 Å². The molecule has 0 bridgehead atoms. The van der Waals surface area contributed by atoms with Crippen molar-refractivity contribution in [2.75, 3.05) is 6.61 Å². The number of carbonyl (C=O) groups excluding carboxylic acids is 1. The van der Waals surface area contributed by atoms with Crippen molar-refractivity contribution in [2.24, 2.45) is 0 Å². The Labute approximate surface area is 105 Å². The third-order valence-corrected chi connectivity index (χ3v) is 2.41. The zero-order valence-corrected chi connectivity index (χ0v) is 10.4. The van der Waals surface area contributed by atoms with Gasteiger partial charge in [-0.2, -0.15) is 0 Å². The van der Waals surface area contributed by atoms with E-state index in [1.807, 2.05) is 6.92 Å². The van der Waals surface area contributed by atoms with Gasteiger partial charge in [0.05, 0.1) is 17.2 Å². The predicted molar refractivity (Wildman–Crippen MR) is 66.8 cm³/mol. The van der Waals surface area contributed by atoms with Crippen LogP contribution in [0.25, 0.3) is 0 Å². The molecule has 0 N–H and O–H groups in total. The number of allylic oxidation sites excluding steroid dienone is 1. The average molecular weight is 259 g/mol. The van der Waals surface area contributed by atoms with Crippen molar-refractivity contribution in [3.8, 4) is 5.75 Å².